The van der Waals surface area contributed by atoms with Crippen LogP contribution in [0.3, 0.4) is 0 Å². The van der Waals surface area contributed by atoms with Crippen LogP contribution in [0, 0.1) is 11.8 Å². The molecule has 1 rings (SSSR count). The number of nitrogens with two attached hydrogens (primary N) is 1. The van der Waals surface area contributed by atoms with Crippen molar-refractivity contribution in [1.82, 2.24) is 0 Å². The highest BCUT2D eigenvalue weighted by Gasteiger charge is 2.19. The SMILES string of the molecule is CC(=O)[C@@H](N)C[C@@H](C)CC1CCCCC1. The molecule has 0 aromatic carbocycles. The van der Waals surface area contributed by atoms with Crippen molar-refractivity contribution in [1.29, 1.82) is 0 Å². The van der Waals surface area contributed by atoms with E-state index in [2.05, 4.69) is 6.92 Å². The van der Waals surface area contributed by atoms with E-state index in [1.54, 1.807) is 6.92 Å². The highest BCUT2D eigenvalue weighted by Crippen LogP contribution is 2.30. The maximum Gasteiger partial charge on any atom is 0.146 e. The Bertz CT molecular complexity index is 197. The Kier molecular flexibility index (Phi) is 5.30. The minimum Gasteiger partial charge on any atom is -0.322 e. The predicted octanol–water partition coefficient (Wildman–Crippen LogP) is 2.90. The molecule has 0 spiro atoms. The van der Waals surface area contributed by atoms with Crippen molar-refractivity contribution in [3.05, 3.63) is 0 Å². The van der Waals surface area contributed by atoms with Gasteiger partial charge in [-0.2, -0.15) is 0 Å². The topological polar surface area (TPSA) is 43.1 Å². The van der Waals surface area contributed by atoms with Gasteiger partial charge in [0.05, 0.1) is 6.04 Å². The van der Waals surface area contributed by atoms with Gasteiger partial charge in [-0.15, -0.1) is 0 Å². The van der Waals surface area contributed by atoms with E-state index < -0.39 is 0 Å². The Labute approximate surface area is 93.6 Å². The highest BCUT2D eigenvalue weighted by molar-refractivity contribution is 5.81. The Morgan fingerprint density at radius 2 is 1.93 bits per heavy atom. The molecule has 15 heavy (non-hydrogen) atoms. The van der Waals surface area contributed by atoms with Gasteiger partial charge in [0.2, 0.25) is 0 Å². The molecule has 2 N–H and O–H groups in total. The van der Waals surface area contributed by atoms with Crippen molar-refractivity contribution in [3.63, 3.8) is 0 Å². The standard InChI is InChI=1S/C13H25NO/c1-10(9-13(14)11(2)15)8-12-6-4-3-5-7-12/h10,12-13H,3-9,14H2,1-2H3/t10-,13-/m0/s1. The van der Waals surface area contributed by atoms with E-state index in [0.29, 0.717) is 5.92 Å². The summed E-state index contributed by atoms with van der Waals surface area (Å²) in [5.74, 6) is 1.63. The predicted molar refractivity (Wildman–Crippen MR) is 63.6 cm³/mol. The monoisotopic (exact) mass is 211 g/mol. The third-order valence-corrected chi connectivity index (χ3v) is 3.64. The van der Waals surface area contributed by atoms with Crippen molar-refractivity contribution in [2.45, 2.75) is 64.8 Å². The van der Waals surface area contributed by atoms with Crippen LogP contribution in [-0.2, 0) is 4.79 Å². The molecule has 0 aromatic rings. The van der Waals surface area contributed by atoms with Gasteiger partial charge >= 0.3 is 0 Å². The Balaban J connectivity index is 2.22. The van der Waals surface area contributed by atoms with Gasteiger partial charge in [0, 0.05) is 0 Å². The van der Waals surface area contributed by atoms with Gasteiger partial charge < -0.3 is 5.73 Å². The number of Topliss-reactive ketones (excluding diaryl/α,β-unsaturated/α-hetero) is 1. The molecule has 1 fully saturated rings. The first kappa shape index (κ1) is 12.7. The van der Waals surface area contributed by atoms with E-state index in [4.69, 9.17) is 5.73 Å². The van der Waals surface area contributed by atoms with Gasteiger partial charge in [-0.25, -0.2) is 0 Å². The summed E-state index contributed by atoms with van der Waals surface area (Å²) in [6, 6.07) is -0.233. The molecule has 2 nitrogen and oxygen atoms in total. The summed E-state index contributed by atoms with van der Waals surface area (Å²) >= 11 is 0. The van der Waals surface area contributed by atoms with E-state index in [9.17, 15) is 4.79 Å². The van der Waals surface area contributed by atoms with Gasteiger partial charge in [-0.05, 0) is 31.6 Å². The van der Waals surface area contributed by atoms with Crippen LogP contribution in [-0.4, -0.2) is 11.8 Å². The summed E-state index contributed by atoms with van der Waals surface area (Å²) in [5, 5.41) is 0. The van der Waals surface area contributed by atoms with Crippen molar-refractivity contribution in [2.24, 2.45) is 17.6 Å². The van der Waals surface area contributed by atoms with Crippen LogP contribution in [0.5, 0.6) is 0 Å². The normalized spacial score (nSPS) is 22.3. The first-order valence-electron chi connectivity index (χ1n) is 6.35. The highest BCUT2D eigenvalue weighted by atomic mass is 16.1. The van der Waals surface area contributed by atoms with Gasteiger partial charge in [0.25, 0.3) is 0 Å². The fourth-order valence-corrected chi connectivity index (χ4v) is 2.69. The van der Waals surface area contributed by atoms with E-state index in [0.717, 1.165) is 12.3 Å². The third kappa shape index (κ3) is 4.78. The largest absolute Gasteiger partial charge is 0.322 e. The van der Waals surface area contributed by atoms with Crippen molar-refractivity contribution < 1.29 is 4.79 Å². The summed E-state index contributed by atoms with van der Waals surface area (Å²) in [6.45, 7) is 3.83. The summed E-state index contributed by atoms with van der Waals surface area (Å²) in [6.07, 6.45) is 9.12. The van der Waals surface area contributed by atoms with Crippen molar-refractivity contribution >= 4 is 5.78 Å². The molecule has 2 atom stereocenters. The van der Waals surface area contributed by atoms with Crippen molar-refractivity contribution in [3.8, 4) is 0 Å². The molecule has 0 unspecified atom stereocenters. The maximum atomic E-state index is 11.0. The molecule has 2 heteroatoms. The molecule has 1 aliphatic rings. The lowest BCUT2D eigenvalue weighted by atomic mass is 9.81. The lowest BCUT2D eigenvalue weighted by molar-refractivity contribution is -0.118. The van der Waals surface area contributed by atoms with E-state index >= 15 is 0 Å². The summed E-state index contributed by atoms with van der Waals surface area (Å²) in [7, 11) is 0. The molecule has 1 aliphatic carbocycles. The first-order valence-corrected chi connectivity index (χ1v) is 6.35. The number of carbonyl (C=O) groups excluding carboxylic acids is 1. The Morgan fingerprint density at radius 1 is 1.33 bits per heavy atom. The van der Waals surface area contributed by atoms with Crippen LogP contribution in [0.15, 0.2) is 0 Å². The lowest BCUT2D eigenvalue weighted by Gasteiger charge is -2.25. The Hall–Kier alpha value is -0.370. The summed E-state index contributed by atoms with van der Waals surface area (Å²) in [4.78, 5) is 11.0. The van der Waals surface area contributed by atoms with E-state index in [-0.39, 0.29) is 11.8 Å². The molecule has 0 saturated heterocycles. The molecule has 0 bridgehead atoms. The molecule has 0 amide bonds. The molecule has 1 saturated carbocycles. The fraction of sp³-hybridized carbons (Fsp3) is 0.923. The Morgan fingerprint density at radius 3 is 2.47 bits per heavy atom. The smallest absolute Gasteiger partial charge is 0.146 e. The molecular weight excluding hydrogens is 186 g/mol. The molecule has 0 aromatic heterocycles. The average Bonchev–Trinajstić information content (AvgIpc) is 2.18. The number of ketones is 1. The summed E-state index contributed by atoms with van der Waals surface area (Å²) < 4.78 is 0. The third-order valence-electron chi connectivity index (χ3n) is 3.64. The fourth-order valence-electron chi connectivity index (χ4n) is 2.69. The van der Waals surface area contributed by atoms with E-state index in [1.807, 2.05) is 0 Å². The minimum atomic E-state index is -0.233. The average molecular weight is 211 g/mol. The lowest BCUT2D eigenvalue weighted by Crippen LogP contribution is -2.30. The van der Waals surface area contributed by atoms with Crippen LogP contribution in [0.1, 0.15) is 58.8 Å². The number of rotatable bonds is 5. The van der Waals surface area contributed by atoms with E-state index in [1.165, 1.54) is 38.5 Å². The zero-order valence-corrected chi connectivity index (χ0v) is 10.2. The first-order chi connectivity index (χ1) is 7.09. The molecule has 0 radical (unpaired) electrons. The number of hydrogen-bond donors (Lipinski definition) is 1. The maximum absolute atomic E-state index is 11.0. The summed E-state index contributed by atoms with van der Waals surface area (Å²) in [5.41, 5.74) is 5.77. The van der Waals surface area contributed by atoms with Crippen LogP contribution in [0.25, 0.3) is 0 Å². The zero-order chi connectivity index (χ0) is 11.3. The number of hydrogen-bond acceptors (Lipinski definition) is 2. The quantitative estimate of drug-likeness (QED) is 0.760. The van der Waals surface area contributed by atoms with Gasteiger partial charge in [-0.3, -0.25) is 4.79 Å². The van der Waals surface area contributed by atoms with Crippen LogP contribution < -0.4 is 5.73 Å². The van der Waals surface area contributed by atoms with Crippen LogP contribution in [0.2, 0.25) is 0 Å². The second kappa shape index (κ2) is 6.26. The van der Waals surface area contributed by atoms with Gasteiger partial charge in [-0.1, -0.05) is 39.0 Å². The van der Waals surface area contributed by atoms with Crippen molar-refractivity contribution in [2.75, 3.05) is 0 Å². The second-order valence-corrected chi connectivity index (χ2v) is 5.30. The van der Waals surface area contributed by atoms with Crippen LogP contribution >= 0.6 is 0 Å². The molecule has 88 valence electrons. The molecule has 0 aliphatic heterocycles. The zero-order valence-electron chi connectivity index (χ0n) is 10.2. The van der Waals surface area contributed by atoms with Crippen LogP contribution in [0.4, 0.5) is 0 Å². The van der Waals surface area contributed by atoms with Gasteiger partial charge in [0.15, 0.2) is 0 Å². The molecule has 0 heterocycles. The second-order valence-electron chi connectivity index (χ2n) is 5.30. The minimum absolute atomic E-state index is 0.130. The molecular formula is C13H25NO. The number of carbonyl (C=O) groups is 1. The van der Waals surface area contributed by atoms with Gasteiger partial charge in [0.1, 0.15) is 5.78 Å².